The van der Waals surface area contributed by atoms with E-state index in [4.69, 9.17) is 0 Å². The summed E-state index contributed by atoms with van der Waals surface area (Å²) in [5, 5.41) is 3.58. The zero-order valence-electron chi connectivity index (χ0n) is 11.3. The second-order valence-electron chi connectivity index (χ2n) is 5.78. The maximum absolute atomic E-state index is 14.0. The summed E-state index contributed by atoms with van der Waals surface area (Å²) in [7, 11) is 0. The number of aryl methyl sites for hydroxylation is 1. The molecule has 1 atom stereocenters. The molecule has 0 aromatic heterocycles. The summed E-state index contributed by atoms with van der Waals surface area (Å²) in [4.78, 5) is 1.97. The molecular weight excluding hydrogens is 246 g/mol. The van der Waals surface area contributed by atoms with Crippen LogP contribution in [0.4, 0.5) is 14.5 Å². The van der Waals surface area contributed by atoms with Gasteiger partial charge in [0.25, 0.3) is 0 Å². The summed E-state index contributed by atoms with van der Waals surface area (Å²) >= 11 is 0. The number of hydrogen-bond donors (Lipinski definition) is 1. The summed E-state index contributed by atoms with van der Waals surface area (Å²) in [5.74, 6) is -0.639. The van der Waals surface area contributed by atoms with E-state index in [1.807, 2.05) is 4.90 Å². The fourth-order valence-corrected chi connectivity index (χ4v) is 2.79. The van der Waals surface area contributed by atoms with E-state index in [0.717, 1.165) is 25.9 Å². The molecule has 2 nitrogen and oxygen atoms in total. The molecule has 1 aliphatic heterocycles. The van der Waals surface area contributed by atoms with Crippen LogP contribution in [0, 0.1) is 18.6 Å². The average molecular weight is 266 g/mol. The smallest absolute Gasteiger partial charge is 0.146 e. The normalized spacial score (nSPS) is 23.7. The first-order chi connectivity index (χ1) is 9.13. The number of halogens is 2. The molecule has 1 aromatic carbocycles. The second kappa shape index (κ2) is 5.08. The van der Waals surface area contributed by atoms with E-state index in [1.165, 1.54) is 25.0 Å². The van der Waals surface area contributed by atoms with Gasteiger partial charge in [0.2, 0.25) is 0 Å². The van der Waals surface area contributed by atoms with E-state index in [2.05, 4.69) is 5.32 Å². The molecule has 1 aliphatic carbocycles. The standard InChI is InChI=1S/C15H20F2N2/c1-10-7-14(17)15(8-13(10)16)19-6-2-3-12(9-19)18-11-4-5-11/h7-8,11-12,18H,2-6,9H2,1H3. The second-order valence-corrected chi connectivity index (χ2v) is 5.78. The van der Waals surface area contributed by atoms with Crippen molar-refractivity contribution in [2.24, 2.45) is 0 Å². The predicted molar refractivity (Wildman–Crippen MR) is 72.5 cm³/mol. The number of anilines is 1. The van der Waals surface area contributed by atoms with Crippen molar-refractivity contribution in [1.82, 2.24) is 5.32 Å². The summed E-state index contributed by atoms with van der Waals surface area (Å²) in [6.45, 7) is 3.17. The van der Waals surface area contributed by atoms with Crippen molar-refractivity contribution in [3.05, 3.63) is 29.3 Å². The Morgan fingerprint density at radius 3 is 2.63 bits per heavy atom. The highest BCUT2D eigenvalue weighted by molar-refractivity contribution is 5.50. The zero-order valence-corrected chi connectivity index (χ0v) is 11.3. The van der Waals surface area contributed by atoms with Crippen LogP contribution in [0.25, 0.3) is 0 Å². The minimum Gasteiger partial charge on any atom is -0.368 e. The Bertz CT molecular complexity index is 471. The maximum atomic E-state index is 14.0. The quantitative estimate of drug-likeness (QED) is 0.904. The molecule has 3 rings (SSSR count). The fraction of sp³-hybridized carbons (Fsp3) is 0.600. The van der Waals surface area contributed by atoms with Crippen LogP contribution in [0.2, 0.25) is 0 Å². The summed E-state index contributed by atoms with van der Waals surface area (Å²) in [6, 6.07) is 3.70. The van der Waals surface area contributed by atoms with Gasteiger partial charge in [0, 0.05) is 31.2 Å². The van der Waals surface area contributed by atoms with Crippen LogP contribution in [0.5, 0.6) is 0 Å². The molecule has 0 radical (unpaired) electrons. The number of nitrogens with one attached hydrogen (secondary N) is 1. The lowest BCUT2D eigenvalue weighted by molar-refractivity contribution is 0.417. The average Bonchev–Trinajstić information content (AvgIpc) is 3.18. The molecule has 0 amide bonds. The Hall–Kier alpha value is -1.16. The van der Waals surface area contributed by atoms with Crippen LogP contribution in [-0.2, 0) is 0 Å². The largest absolute Gasteiger partial charge is 0.368 e. The van der Waals surface area contributed by atoms with Crippen LogP contribution in [0.15, 0.2) is 12.1 Å². The number of rotatable bonds is 3. The Labute approximate surface area is 112 Å². The topological polar surface area (TPSA) is 15.3 Å². The van der Waals surface area contributed by atoms with E-state index in [-0.39, 0.29) is 11.6 Å². The number of benzene rings is 1. The van der Waals surface area contributed by atoms with E-state index in [0.29, 0.717) is 23.3 Å². The molecule has 19 heavy (non-hydrogen) atoms. The van der Waals surface area contributed by atoms with Crippen molar-refractivity contribution in [3.8, 4) is 0 Å². The fourth-order valence-electron chi connectivity index (χ4n) is 2.79. The van der Waals surface area contributed by atoms with Gasteiger partial charge in [-0.05, 0) is 44.2 Å². The molecule has 1 unspecified atom stereocenters. The Kier molecular flexibility index (Phi) is 3.44. The summed E-state index contributed by atoms with van der Waals surface area (Å²) < 4.78 is 27.6. The predicted octanol–water partition coefficient (Wildman–Crippen LogP) is 2.99. The zero-order chi connectivity index (χ0) is 13.4. The van der Waals surface area contributed by atoms with Gasteiger partial charge in [-0.15, -0.1) is 0 Å². The summed E-state index contributed by atoms with van der Waals surface area (Å²) in [6.07, 6.45) is 4.66. The van der Waals surface area contributed by atoms with E-state index in [1.54, 1.807) is 6.92 Å². The molecule has 1 N–H and O–H groups in total. The molecule has 2 aliphatic rings. The van der Waals surface area contributed by atoms with Gasteiger partial charge >= 0.3 is 0 Å². The van der Waals surface area contributed by atoms with Gasteiger partial charge in [0.05, 0.1) is 5.69 Å². The minimum atomic E-state index is -0.325. The monoisotopic (exact) mass is 266 g/mol. The van der Waals surface area contributed by atoms with Crippen LogP contribution in [0.1, 0.15) is 31.2 Å². The Morgan fingerprint density at radius 2 is 1.89 bits per heavy atom. The SMILES string of the molecule is Cc1cc(F)c(N2CCCC(NC3CC3)C2)cc1F. The molecule has 104 valence electrons. The van der Waals surface area contributed by atoms with Crippen LogP contribution >= 0.6 is 0 Å². The molecule has 1 saturated carbocycles. The van der Waals surface area contributed by atoms with Crippen LogP contribution < -0.4 is 10.2 Å². The van der Waals surface area contributed by atoms with Crippen LogP contribution in [0.3, 0.4) is 0 Å². The highest BCUT2D eigenvalue weighted by Gasteiger charge is 2.28. The molecule has 1 heterocycles. The van der Waals surface area contributed by atoms with Gasteiger partial charge in [-0.3, -0.25) is 0 Å². The molecule has 4 heteroatoms. The number of nitrogens with zero attached hydrogens (tertiary/aromatic N) is 1. The molecule has 1 saturated heterocycles. The third-order valence-electron chi connectivity index (χ3n) is 4.04. The Morgan fingerprint density at radius 1 is 1.11 bits per heavy atom. The van der Waals surface area contributed by atoms with Crippen molar-refractivity contribution in [2.45, 2.75) is 44.7 Å². The van der Waals surface area contributed by atoms with E-state index < -0.39 is 0 Å². The highest BCUT2D eigenvalue weighted by Crippen LogP contribution is 2.27. The summed E-state index contributed by atoms with van der Waals surface area (Å²) in [5.41, 5.74) is 0.774. The number of hydrogen-bond acceptors (Lipinski definition) is 2. The van der Waals surface area contributed by atoms with Gasteiger partial charge in [-0.2, -0.15) is 0 Å². The molecule has 0 spiro atoms. The first-order valence-electron chi connectivity index (χ1n) is 7.10. The van der Waals surface area contributed by atoms with Gasteiger partial charge in [0.15, 0.2) is 0 Å². The maximum Gasteiger partial charge on any atom is 0.146 e. The first-order valence-corrected chi connectivity index (χ1v) is 7.10. The van der Waals surface area contributed by atoms with Gasteiger partial charge < -0.3 is 10.2 Å². The Balaban J connectivity index is 1.75. The lowest BCUT2D eigenvalue weighted by Gasteiger charge is -2.35. The molecular formula is C15H20F2N2. The lowest BCUT2D eigenvalue weighted by Crippen LogP contribution is -2.46. The van der Waals surface area contributed by atoms with E-state index >= 15 is 0 Å². The van der Waals surface area contributed by atoms with Crippen molar-refractivity contribution in [3.63, 3.8) is 0 Å². The minimum absolute atomic E-state index is 0.314. The highest BCUT2D eigenvalue weighted by atomic mass is 19.1. The third kappa shape index (κ3) is 2.89. The number of piperidine rings is 1. The van der Waals surface area contributed by atoms with E-state index in [9.17, 15) is 8.78 Å². The van der Waals surface area contributed by atoms with Crippen molar-refractivity contribution < 1.29 is 8.78 Å². The molecule has 2 fully saturated rings. The third-order valence-corrected chi connectivity index (χ3v) is 4.04. The molecule has 0 bridgehead atoms. The molecule has 1 aromatic rings. The van der Waals surface area contributed by atoms with Crippen molar-refractivity contribution >= 4 is 5.69 Å². The van der Waals surface area contributed by atoms with Gasteiger partial charge in [0.1, 0.15) is 11.6 Å². The van der Waals surface area contributed by atoms with Crippen LogP contribution in [-0.4, -0.2) is 25.2 Å². The van der Waals surface area contributed by atoms with Crippen molar-refractivity contribution in [1.29, 1.82) is 0 Å². The first kappa shape index (κ1) is 12.9. The van der Waals surface area contributed by atoms with Crippen molar-refractivity contribution in [2.75, 3.05) is 18.0 Å². The lowest BCUT2D eigenvalue weighted by atomic mass is 10.0. The van der Waals surface area contributed by atoms with Gasteiger partial charge in [-0.25, -0.2) is 8.78 Å². The van der Waals surface area contributed by atoms with Gasteiger partial charge in [-0.1, -0.05) is 0 Å².